The van der Waals surface area contributed by atoms with E-state index in [9.17, 15) is 19.5 Å². The highest BCUT2D eigenvalue weighted by atomic mass is 16.5. The van der Waals surface area contributed by atoms with Gasteiger partial charge in [-0.1, -0.05) is 48.5 Å². The minimum absolute atomic E-state index is 0.0901. The van der Waals surface area contributed by atoms with Crippen LogP contribution in [0.5, 0.6) is 0 Å². The molecule has 4 N–H and O–H groups in total. The van der Waals surface area contributed by atoms with Crippen LogP contribution < -0.4 is 10.6 Å². The third-order valence-electron chi connectivity index (χ3n) is 4.83. The molecule has 0 heterocycles. The number of rotatable bonds is 7. The second kappa shape index (κ2) is 8.32. The number of carbonyl (C=O) groups is 3. The lowest BCUT2D eigenvalue weighted by Gasteiger charge is -2.18. The standard InChI is InChI=1S/C21H22N2O6/c1-21(28,19(25)26)12-23-18(24)10-22-20(27)29-11-17-15-8-4-2-6-13(15)14-7-3-5-9-16(14)17/h2-9,17,28H,10-12H2,1H3,(H,22,27)(H,23,24)(H,25,26). The topological polar surface area (TPSA) is 125 Å². The first-order chi connectivity index (χ1) is 13.8. The van der Waals surface area contributed by atoms with Crippen molar-refractivity contribution in [3.05, 3.63) is 59.7 Å². The van der Waals surface area contributed by atoms with Gasteiger partial charge in [0.1, 0.15) is 6.61 Å². The molecule has 2 amide bonds. The molecule has 0 aromatic heterocycles. The Kier molecular flexibility index (Phi) is 5.84. The molecule has 1 atom stereocenters. The minimum atomic E-state index is -2.08. The molecule has 2 aromatic carbocycles. The molecule has 29 heavy (non-hydrogen) atoms. The van der Waals surface area contributed by atoms with Gasteiger partial charge in [0, 0.05) is 5.92 Å². The maximum atomic E-state index is 12.0. The molecule has 8 heteroatoms. The van der Waals surface area contributed by atoms with Crippen LogP contribution >= 0.6 is 0 Å². The number of carboxylic acids is 1. The third kappa shape index (κ3) is 4.55. The highest BCUT2D eigenvalue weighted by Gasteiger charge is 2.31. The van der Waals surface area contributed by atoms with Crippen LogP contribution in [0.4, 0.5) is 4.79 Å². The van der Waals surface area contributed by atoms with Crippen molar-refractivity contribution in [2.75, 3.05) is 19.7 Å². The Morgan fingerprint density at radius 3 is 2.10 bits per heavy atom. The van der Waals surface area contributed by atoms with Crippen LogP contribution in [0.2, 0.25) is 0 Å². The number of fused-ring (bicyclic) bond motifs is 3. The van der Waals surface area contributed by atoms with Crippen molar-refractivity contribution in [2.24, 2.45) is 0 Å². The van der Waals surface area contributed by atoms with Crippen LogP contribution in [0.3, 0.4) is 0 Å². The molecule has 8 nitrogen and oxygen atoms in total. The molecule has 0 bridgehead atoms. The van der Waals surface area contributed by atoms with Gasteiger partial charge < -0.3 is 25.6 Å². The number of hydrogen-bond donors (Lipinski definition) is 4. The molecule has 1 unspecified atom stereocenters. The lowest BCUT2D eigenvalue weighted by Crippen LogP contribution is -2.48. The van der Waals surface area contributed by atoms with Gasteiger partial charge in [0.05, 0.1) is 13.1 Å². The lowest BCUT2D eigenvalue weighted by atomic mass is 9.98. The van der Waals surface area contributed by atoms with Crippen molar-refractivity contribution in [2.45, 2.75) is 18.4 Å². The van der Waals surface area contributed by atoms with Crippen LogP contribution in [0.15, 0.2) is 48.5 Å². The third-order valence-corrected chi connectivity index (χ3v) is 4.83. The average Bonchev–Trinajstić information content (AvgIpc) is 3.03. The van der Waals surface area contributed by atoms with E-state index in [1.165, 1.54) is 0 Å². The van der Waals surface area contributed by atoms with E-state index in [4.69, 9.17) is 9.84 Å². The van der Waals surface area contributed by atoms with Gasteiger partial charge in [-0.3, -0.25) is 4.79 Å². The van der Waals surface area contributed by atoms with E-state index in [2.05, 4.69) is 10.6 Å². The second-order valence-electron chi connectivity index (χ2n) is 7.03. The fraction of sp³-hybridized carbons (Fsp3) is 0.286. The Balaban J connectivity index is 1.51. The van der Waals surface area contributed by atoms with Crippen molar-refractivity contribution in [3.63, 3.8) is 0 Å². The zero-order chi connectivity index (χ0) is 21.0. The van der Waals surface area contributed by atoms with Crippen molar-refractivity contribution in [3.8, 4) is 11.1 Å². The number of carbonyl (C=O) groups excluding carboxylic acids is 2. The number of amides is 2. The highest BCUT2D eigenvalue weighted by molar-refractivity contribution is 5.84. The van der Waals surface area contributed by atoms with E-state index >= 15 is 0 Å². The minimum Gasteiger partial charge on any atom is -0.479 e. The van der Waals surface area contributed by atoms with Crippen LogP contribution in [0, 0.1) is 0 Å². The van der Waals surface area contributed by atoms with E-state index < -0.39 is 36.7 Å². The van der Waals surface area contributed by atoms with Gasteiger partial charge in [-0.05, 0) is 29.2 Å². The number of aliphatic carboxylic acids is 1. The maximum Gasteiger partial charge on any atom is 0.407 e. The van der Waals surface area contributed by atoms with Gasteiger partial charge in [-0.25, -0.2) is 9.59 Å². The predicted octanol–water partition coefficient (Wildman–Crippen LogP) is 1.48. The van der Waals surface area contributed by atoms with Gasteiger partial charge in [0.25, 0.3) is 0 Å². The first-order valence-corrected chi connectivity index (χ1v) is 9.11. The molecule has 2 aromatic rings. The Hall–Kier alpha value is -3.39. The van der Waals surface area contributed by atoms with E-state index in [1.807, 2.05) is 48.5 Å². The number of nitrogens with one attached hydrogen (secondary N) is 2. The summed E-state index contributed by atoms with van der Waals surface area (Å²) in [6.45, 7) is 0.309. The molecule has 1 aliphatic rings. The highest BCUT2D eigenvalue weighted by Crippen LogP contribution is 2.44. The normalized spacial score (nSPS) is 14.3. The molecule has 3 rings (SSSR count). The fourth-order valence-corrected chi connectivity index (χ4v) is 3.21. The molecule has 152 valence electrons. The fourth-order valence-electron chi connectivity index (χ4n) is 3.21. The summed E-state index contributed by atoms with van der Waals surface area (Å²) < 4.78 is 5.30. The zero-order valence-electron chi connectivity index (χ0n) is 15.8. The molecule has 0 saturated heterocycles. The van der Waals surface area contributed by atoms with Gasteiger partial charge in [0.15, 0.2) is 5.60 Å². The molecule has 0 aliphatic heterocycles. The van der Waals surface area contributed by atoms with Crippen molar-refractivity contribution in [1.82, 2.24) is 10.6 Å². The SMILES string of the molecule is CC(O)(CNC(=O)CNC(=O)OCC1c2ccccc2-c2ccccc21)C(=O)O. The quantitative estimate of drug-likeness (QED) is 0.560. The van der Waals surface area contributed by atoms with Crippen molar-refractivity contribution < 1.29 is 29.3 Å². The van der Waals surface area contributed by atoms with Gasteiger partial charge in [-0.2, -0.15) is 0 Å². The van der Waals surface area contributed by atoms with Gasteiger partial charge in [-0.15, -0.1) is 0 Å². The molecule has 1 aliphatic carbocycles. The van der Waals surface area contributed by atoms with Crippen LogP contribution in [-0.4, -0.2) is 53.5 Å². The van der Waals surface area contributed by atoms with Crippen LogP contribution in [-0.2, 0) is 14.3 Å². The largest absolute Gasteiger partial charge is 0.479 e. The summed E-state index contributed by atoms with van der Waals surface area (Å²) in [5.74, 6) is -2.19. The van der Waals surface area contributed by atoms with E-state index in [0.29, 0.717) is 0 Å². The molecule has 0 spiro atoms. The van der Waals surface area contributed by atoms with Crippen LogP contribution in [0.1, 0.15) is 24.0 Å². The lowest BCUT2D eigenvalue weighted by molar-refractivity contribution is -0.156. The predicted molar refractivity (Wildman–Crippen MR) is 104 cm³/mol. The number of aliphatic hydroxyl groups is 1. The number of carboxylic acid groups (broad SMARTS) is 1. The Bertz CT molecular complexity index is 895. The monoisotopic (exact) mass is 398 g/mol. The molecule has 0 saturated carbocycles. The summed E-state index contributed by atoms with van der Waals surface area (Å²) in [4.78, 5) is 34.5. The molecular formula is C21H22N2O6. The molecule has 0 radical (unpaired) electrons. The smallest absolute Gasteiger partial charge is 0.407 e. The van der Waals surface area contributed by atoms with Gasteiger partial charge >= 0.3 is 12.1 Å². The van der Waals surface area contributed by atoms with Crippen LogP contribution in [0.25, 0.3) is 11.1 Å². The maximum absolute atomic E-state index is 12.0. The first-order valence-electron chi connectivity index (χ1n) is 9.11. The summed E-state index contributed by atoms with van der Waals surface area (Å²) in [6.07, 6.45) is -0.757. The summed E-state index contributed by atoms with van der Waals surface area (Å²) in [5.41, 5.74) is 2.30. The Morgan fingerprint density at radius 2 is 1.55 bits per heavy atom. The number of ether oxygens (including phenoxy) is 1. The van der Waals surface area contributed by atoms with Gasteiger partial charge in [0.2, 0.25) is 5.91 Å². The Morgan fingerprint density at radius 1 is 1.00 bits per heavy atom. The van der Waals surface area contributed by atoms with Crippen molar-refractivity contribution >= 4 is 18.0 Å². The number of alkyl carbamates (subject to hydrolysis) is 1. The summed E-state index contributed by atoms with van der Waals surface area (Å²) in [7, 11) is 0. The van der Waals surface area contributed by atoms with E-state index in [1.54, 1.807) is 0 Å². The number of benzene rings is 2. The van der Waals surface area contributed by atoms with E-state index in [0.717, 1.165) is 29.2 Å². The first kappa shape index (κ1) is 20.3. The summed E-state index contributed by atoms with van der Waals surface area (Å²) >= 11 is 0. The zero-order valence-corrected chi connectivity index (χ0v) is 15.8. The summed E-state index contributed by atoms with van der Waals surface area (Å²) in [5, 5.41) is 22.9. The van der Waals surface area contributed by atoms with E-state index in [-0.39, 0.29) is 12.5 Å². The molecular weight excluding hydrogens is 376 g/mol. The second-order valence-corrected chi connectivity index (χ2v) is 7.03. The van der Waals surface area contributed by atoms with Crippen molar-refractivity contribution in [1.29, 1.82) is 0 Å². The number of hydrogen-bond acceptors (Lipinski definition) is 5. The average molecular weight is 398 g/mol. The summed E-state index contributed by atoms with van der Waals surface area (Å²) in [6, 6.07) is 15.9. The molecule has 0 fully saturated rings. The Labute approximate surface area is 167 Å².